The summed E-state index contributed by atoms with van der Waals surface area (Å²) in [6, 6.07) is 4.13. The van der Waals surface area contributed by atoms with Gasteiger partial charge in [0.05, 0.1) is 14.7 Å². The van der Waals surface area contributed by atoms with Gasteiger partial charge in [0, 0.05) is 11.5 Å². The Labute approximate surface area is 127 Å². The molecule has 1 aliphatic carbocycles. The van der Waals surface area contributed by atoms with Gasteiger partial charge >= 0.3 is 0 Å². The molecule has 0 radical (unpaired) electrons. The third-order valence-corrected chi connectivity index (χ3v) is 6.69. The van der Waals surface area contributed by atoms with E-state index >= 15 is 0 Å². The van der Waals surface area contributed by atoms with Gasteiger partial charge in [0.25, 0.3) is 5.91 Å². The highest BCUT2D eigenvalue weighted by Crippen LogP contribution is 2.37. The minimum Gasteiger partial charge on any atom is -0.322 e. The maximum Gasteiger partial charge on any atom is 0.265 e. The van der Waals surface area contributed by atoms with Crippen LogP contribution in [0.15, 0.2) is 14.3 Å². The van der Waals surface area contributed by atoms with Crippen molar-refractivity contribution in [3.63, 3.8) is 0 Å². The van der Waals surface area contributed by atoms with Crippen LogP contribution in [0.2, 0.25) is 0 Å². The minimum absolute atomic E-state index is 0.0742. The Morgan fingerprint density at radius 3 is 2.56 bits per heavy atom. The van der Waals surface area contributed by atoms with E-state index in [1.807, 2.05) is 0 Å². The maximum absolute atomic E-state index is 12.4. The van der Waals surface area contributed by atoms with E-state index in [-0.39, 0.29) is 5.91 Å². The zero-order valence-electron chi connectivity index (χ0n) is 9.87. The van der Waals surface area contributed by atoms with Crippen molar-refractivity contribution in [1.82, 2.24) is 4.90 Å². The van der Waals surface area contributed by atoms with Crippen LogP contribution in [0.1, 0.15) is 35.4 Å². The monoisotopic (exact) mass is 390 g/mol. The van der Waals surface area contributed by atoms with Crippen LogP contribution in [0.3, 0.4) is 0 Å². The summed E-state index contributed by atoms with van der Waals surface area (Å²) in [4.78, 5) is 14.7. The fraction of sp³-hybridized carbons (Fsp3) is 0.500. The Balaban J connectivity index is 2.26. The summed E-state index contributed by atoms with van der Waals surface area (Å²) < 4.78 is 1.78. The molecule has 1 fully saturated rings. The lowest BCUT2D eigenvalue weighted by molar-refractivity contribution is 0.0668. The van der Waals surface area contributed by atoms with Crippen molar-refractivity contribution < 1.29 is 4.79 Å². The van der Waals surface area contributed by atoms with Gasteiger partial charge in [-0.25, -0.2) is 0 Å². The van der Waals surface area contributed by atoms with Crippen LogP contribution in [-0.2, 0) is 0 Å². The fourth-order valence-electron chi connectivity index (χ4n) is 2.29. The molecule has 0 saturated heterocycles. The summed E-state index contributed by atoms with van der Waals surface area (Å²) in [5, 5.41) is 9.38. The molecule has 0 bridgehead atoms. The molecule has 3 nitrogen and oxygen atoms in total. The summed E-state index contributed by atoms with van der Waals surface area (Å²) in [6.07, 6.45) is 3.59. The first-order valence-electron chi connectivity index (χ1n) is 5.64. The van der Waals surface area contributed by atoms with Crippen LogP contribution in [0.25, 0.3) is 0 Å². The van der Waals surface area contributed by atoms with Gasteiger partial charge in [0.2, 0.25) is 0 Å². The van der Waals surface area contributed by atoms with Crippen LogP contribution >= 0.6 is 43.2 Å². The number of amides is 1. The van der Waals surface area contributed by atoms with Crippen LogP contribution in [0.5, 0.6) is 0 Å². The average molecular weight is 392 g/mol. The Morgan fingerprint density at radius 2 is 2.11 bits per heavy atom. The van der Waals surface area contributed by atoms with Gasteiger partial charge in [0.15, 0.2) is 0 Å². The smallest absolute Gasteiger partial charge is 0.265 e. The van der Waals surface area contributed by atoms with Crippen molar-refractivity contribution in [2.45, 2.75) is 31.2 Å². The highest BCUT2D eigenvalue weighted by molar-refractivity contribution is 9.13. The zero-order valence-corrected chi connectivity index (χ0v) is 13.9. The molecule has 0 unspecified atom stereocenters. The number of hydrogen-bond acceptors (Lipinski definition) is 3. The molecule has 0 spiro atoms. The first-order chi connectivity index (χ1) is 8.50. The molecular weight excluding hydrogens is 380 g/mol. The SMILES string of the molecule is CN(C(=O)c1cc(Br)c(Br)s1)C1(C#N)CCCC1. The van der Waals surface area contributed by atoms with Crippen molar-refractivity contribution in [3.8, 4) is 6.07 Å². The van der Waals surface area contributed by atoms with E-state index < -0.39 is 5.54 Å². The molecule has 1 amide bonds. The van der Waals surface area contributed by atoms with Gasteiger partial charge in [-0.05, 0) is 63.6 Å². The van der Waals surface area contributed by atoms with Crippen molar-refractivity contribution in [2.24, 2.45) is 0 Å². The van der Waals surface area contributed by atoms with Crippen molar-refractivity contribution in [2.75, 3.05) is 7.05 Å². The molecule has 1 aliphatic rings. The van der Waals surface area contributed by atoms with Gasteiger partial charge in [-0.15, -0.1) is 11.3 Å². The highest BCUT2D eigenvalue weighted by atomic mass is 79.9. The van der Waals surface area contributed by atoms with Crippen molar-refractivity contribution >= 4 is 49.1 Å². The van der Waals surface area contributed by atoms with Crippen molar-refractivity contribution in [1.29, 1.82) is 5.26 Å². The van der Waals surface area contributed by atoms with E-state index in [1.165, 1.54) is 11.3 Å². The number of thiophene rings is 1. The predicted octanol–water partition coefficient (Wildman–Crippen LogP) is 4.18. The Kier molecular flexibility index (Phi) is 4.15. The Morgan fingerprint density at radius 1 is 1.50 bits per heavy atom. The lowest BCUT2D eigenvalue weighted by atomic mass is 9.97. The number of nitrogens with zero attached hydrogens (tertiary/aromatic N) is 2. The quantitative estimate of drug-likeness (QED) is 0.758. The molecule has 1 aromatic heterocycles. The molecule has 0 aliphatic heterocycles. The van der Waals surface area contributed by atoms with Crippen molar-refractivity contribution in [3.05, 3.63) is 19.2 Å². The minimum atomic E-state index is -0.611. The maximum atomic E-state index is 12.4. The molecule has 0 N–H and O–H groups in total. The molecule has 1 aromatic rings. The van der Waals surface area contributed by atoms with Gasteiger partial charge in [-0.2, -0.15) is 5.26 Å². The number of halogens is 2. The summed E-state index contributed by atoms with van der Waals surface area (Å²) >= 11 is 8.15. The second-order valence-corrected chi connectivity index (χ2v) is 7.67. The van der Waals surface area contributed by atoms with Gasteiger partial charge in [-0.1, -0.05) is 0 Å². The number of carbonyl (C=O) groups is 1. The molecule has 0 aromatic carbocycles. The predicted molar refractivity (Wildman–Crippen MR) is 78.6 cm³/mol. The van der Waals surface area contributed by atoms with E-state index in [2.05, 4.69) is 37.9 Å². The zero-order chi connectivity index (χ0) is 13.3. The Hall–Kier alpha value is -0.380. The van der Waals surface area contributed by atoms with Gasteiger partial charge < -0.3 is 4.90 Å². The summed E-state index contributed by atoms with van der Waals surface area (Å²) in [5.41, 5.74) is -0.611. The molecule has 1 saturated carbocycles. The molecule has 6 heteroatoms. The largest absolute Gasteiger partial charge is 0.322 e. The van der Waals surface area contributed by atoms with Crippen LogP contribution in [-0.4, -0.2) is 23.4 Å². The fourth-order valence-corrected chi connectivity index (χ4v) is 4.31. The second kappa shape index (κ2) is 5.32. The molecule has 0 atom stereocenters. The first-order valence-corrected chi connectivity index (χ1v) is 8.05. The van der Waals surface area contributed by atoms with Gasteiger partial charge in [0.1, 0.15) is 5.54 Å². The third-order valence-electron chi connectivity index (χ3n) is 3.44. The van der Waals surface area contributed by atoms with E-state index in [0.717, 1.165) is 33.9 Å². The standard InChI is InChI=1S/C12H12Br2N2OS/c1-16(12(7-15)4-2-3-5-12)11(17)9-6-8(13)10(14)18-9/h6H,2-5H2,1H3. The number of hydrogen-bond donors (Lipinski definition) is 0. The lowest BCUT2D eigenvalue weighted by Gasteiger charge is -2.32. The van der Waals surface area contributed by atoms with Gasteiger partial charge in [-0.3, -0.25) is 4.79 Å². The van der Waals surface area contributed by atoms with E-state index in [0.29, 0.717) is 4.88 Å². The summed E-state index contributed by atoms with van der Waals surface area (Å²) in [5.74, 6) is -0.0742. The molecule has 1 heterocycles. The molecule has 96 valence electrons. The van der Waals surface area contributed by atoms with E-state index in [1.54, 1.807) is 18.0 Å². The third kappa shape index (κ3) is 2.36. The van der Waals surface area contributed by atoms with E-state index in [9.17, 15) is 10.1 Å². The average Bonchev–Trinajstić information content (AvgIpc) is 2.96. The number of nitriles is 1. The van der Waals surface area contributed by atoms with Crippen LogP contribution < -0.4 is 0 Å². The lowest BCUT2D eigenvalue weighted by Crippen LogP contribution is -2.46. The molecule has 18 heavy (non-hydrogen) atoms. The number of carbonyl (C=O) groups excluding carboxylic acids is 1. The molecular formula is C12H12Br2N2OS. The highest BCUT2D eigenvalue weighted by Gasteiger charge is 2.41. The normalized spacial score (nSPS) is 17.4. The van der Waals surface area contributed by atoms with Crippen LogP contribution in [0, 0.1) is 11.3 Å². The topological polar surface area (TPSA) is 44.1 Å². The summed E-state index contributed by atoms with van der Waals surface area (Å²) in [6.45, 7) is 0. The second-order valence-electron chi connectivity index (χ2n) is 4.45. The number of rotatable bonds is 2. The van der Waals surface area contributed by atoms with E-state index in [4.69, 9.17) is 0 Å². The molecule has 2 rings (SSSR count). The summed E-state index contributed by atoms with van der Waals surface area (Å²) in [7, 11) is 1.73. The first kappa shape index (κ1) is 14.0. The Bertz CT molecular complexity index is 495. The van der Waals surface area contributed by atoms with Crippen LogP contribution in [0.4, 0.5) is 0 Å².